The summed E-state index contributed by atoms with van der Waals surface area (Å²) in [5, 5.41) is 0. The summed E-state index contributed by atoms with van der Waals surface area (Å²) >= 11 is 0. The van der Waals surface area contributed by atoms with Crippen molar-refractivity contribution in [3.05, 3.63) is 53.6 Å². The second-order valence-electron chi connectivity index (χ2n) is 5.79. The van der Waals surface area contributed by atoms with Gasteiger partial charge in [-0.05, 0) is 38.5 Å². The van der Waals surface area contributed by atoms with Gasteiger partial charge in [0.15, 0.2) is 6.29 Å². The van der Waals surface area contributed by atoms with E-state index in [0.29, 0.717) is 24.1 Å². The van der Waals surface area contributed by atoms with E-state index in [9.17, 15) is 9.59 Å². The number of aldehydes is 1. The van der Waals surface area contributed by atoms with Crippen molar-refractivity contribution in [2.24, 2.45) is 0 Å². The van der Waals surface area contributed by atoms with E-state index in [4.69, 9.17) is 4.74 Å². The summed E-state index contributed by atoms with van der Waals surface area (Å²) in [5.74, 6) is -0.344. The Morgan fingerprint density at radius 1 is 1.38 bits per heavy atom. The van der Waals surface area contributed by atoms with Gasteiger partial charge < -0.3 is 9.30 Å². The first-order valence-electron chi connectivity index (χ1n) is 6.66. The van der Waals surface area contributed by atoms with Crippen LogP contribution in [0.4, 0.5) is 0 Å². The van der Waals surface area contributed by atoms with E-state index >= 15 is 0 Å². The molecule has 0 bridgehead atoms. The number of imidazole rings is 1. The lowest BCUT2D eigenvalue weighted by Crippen LogP contribution is -2.23. The van der Waals surface area contributed by atoms with Gasteiger partial charge in [0.25, 0.3) is 0 Å². The number of nitrogens with zero attached hydrogens (tertiary/aromatic N) is 2. The van der Waals surface area contributed by atoms with Gasteiger partial charge >= 0.3 is 5.97 Å². The molecule has 0 aliphatic rings. The molecule has 2 aromatic rings. The Morgan fingerprint density at radius 3 is 2.76 bits per heavy atom. The molecule has 2 rings (SSSR count). The van der Waals surface area contributed by atoms with Crippen LogP contribution in [0.5, 0.6) is 0 Å². The van der Waals surface area contributed by atoms with Gasteiger partial charge in [-0.3, -0.25) is 4.79 Å². The molecule has 0 aliphatic carbocycles. The molecule has 1 aromatic carbocycles. The molecule has 0 atom stereocenters. The molecule has 5 nitrogen and oxygen atoms in total. The first kappa shape index (κ1) is 15.0. The average molecular weight is 286 g/mol. The quantitative estimate of drug-likeness (QED) is 0.640. The second-order valence-corrected chi connectivity index (χ2v) is 5.79. The zero-order valence-electron chi connectivity index (χ0n) is 12.4. The predicted molar refractivity (Wildman–Crippen MR) is 78.3 cm³/mol. The van der Waals surface area contributed by atoms with Gasteiger partial charge in [0.05, 0.1) is 11.9 Å². The number of carbonyl (C=O) groups excluding carboxylic acids is 2. The minimum absolute atomic E-state index is 0.344. The number of ether oxygens (including phenoxy) is 1. The number of benzene rings is 1. The minimum atomic E-state index is -0.518. The molecule has 0 saturated heterocycles. The third kappa shape index (κ3) is 4.27. The highest BCUT2D eigenvalue weighted by molar-refractivity contribution is 5.89. The smallest absolute Gasteiger partial charge is 0.338 e. The van der Waals surface area contributed by atoms with Gasteiger partial charge in [-0.15, -0.1) is 0 Å². The molecule has 0 unspecified atom stereocenters. The zero-order chi connectivity index (χ0) is 15.5. The molecular weight excluding hydrogens is 268 g/mol. The summed E-state index contributed by atoms with van der Waals surface area (Å²) < 4.78 is 7.14. The molecule has 0 fully saturated rings. The zero-order valence-corrected chi connectivity index (χ0v) is 12.4. The first-order chi connectivity index (χ1) is 9.87. The highest BCUT2D eigenvalue weighted by atomic mass is 16.6. The first-order valence-corrected chi connectivity index (χ1v) is 6.66. The average Bonchev–Trinajstić information content (AvgIpc) is 2.85. The van der Waals surface area contributed by atoms with Crippen molar-refractivity contribution in [3.8, 4) is 0 Å². The molecule has 110 valence electrons. The van der Waals surface area contributed by atoms with Crippen LogP contribution in [0.25, 0.3) is 0 Å². The van der Waals surface area contributed by atoms with Gasteiger partial charge in [0.2, 0.25) is 0 Å². The van der Waals surface area contributed by atoms with E-state index < -0.39 is 5.60 Å². The van der Waals surface area contributed by atoms with Crippen LogP contribution < -0.4 is 0 Å². The maximum Gasteiger partial charge on any atom is 0.338 e. The van der Waals surface area contributed by atoms with Gasteiger partial charge in [0.1, 0.15) is 11.3 Å². The van der Waals surface area contributed by atoms with E-state index in [1.165, 1.54) is 0 Å². The van der Waals surface area contributed by atoms with Crippen molar-refractivity contribution >= 4 is 12.3 Å². The predicted octanol–water partition coefficient (Wildman–Crippen LogP) is 2.70. The molecule has 21 heavy (non-hydrogen) atoms. The standard InChI is InChI=1S/C16H18N2O3/c1-16(2,3)21-15(20)13-6-4-5-12(7-13)8-18-9-14(10-19)17-11-18/h4-7,9-11H,8H2,1-3H3. The van der Waals surface area contributed by atoms with Crippen LogP contribution in [0.2, 0.25) is 0 Å². The Labute approximate surface area is 123 Å². The lowest BCUT2D eigenvalue weighted by molar-refractivity contribution is 0.00693. The maximum atomic E-state index is 12.0. The molecule has 0 aliphatic heterocycles. The molecule has 1 aromatic heterocycles. The van der Waals surface area contributed by atoms with Crippen LogP contribution in [0, 0.1) is 0 Å². The third-order valence-corrected chi connectivity index (χ3v) is 2.70. The van der Waals surface area contributed by atoms with Gasteiger partial charge in [0, 0.05) is 12.7 Å². The second kappa shape index (κ2) is 5.91. The molecule has 5 heteroatoms. The largest absolute Gasteiger partial charge is 0.456 e. The van der Waals surface area contributed by atoms with Gasteiger partial charge in [-0.1, -0.05) is 12.1 Å². The normalized spacial score (nSPS) is 11.2. The maximum absolute atomic E-state index is 12.0. The molecule has 0 saturated carbocycles. The van der Waals surface area contributed by atoms with Crippen LogP contribution in [0.15, 0.2) is 36.8 Å². The molecule has 0 N–H and O–H groups in total. The molecule has 0 spiro atoms. The summed E-state index contributed by atoms with van der Waals surface area (Å²) in [6.07, 6.45) is 3.95. The summed E-state index contributed by atoms with van der Waals surface area (Å²) in [7, 11) is 0. The SMILES string of the molecule is CC(C)(C)OC(=O)c1cccc(Cn2cnc(C=O)c2)c1. The van der Waals surface area contributed by atoms with E-state index in [1.807, 2.05) is 32.9 Å². The van der Waals surface area contributed by atoms with Gasteiger partial charge in [-0.2, -0.15) is 0 Å². The summed E-state index contributed by atoms with van der Waals surface area (Å²) in [5.41, 5.74) is 1.32. The van der Waals surface area contributed by atoms with Crippen LogP contribution in [-0.4, -0.2) is 27.4 Å². The van der Waals surface area contributed by atoms with Crippen molar-refractivity contribution in [2.45, 2.75) is 32.9 Å². The number of hydrogen-bond acceptors (Lipinski definition) is 4. The Bertz CT molecular complexity index is 654. The van der Waals surface area contributed by atoms with Crippen molar-refractivity contribution in [2.75, 3.05) is 0 Å². The summed E-state index contributed by atoms with van der Waals surface area (Å²) in [6.45, 7) is 6.04. The highest BCUT2D eigenvalue weighted by Gasteiger charge is 2.17. The number of esters is 1. The van der Waals surface area contributed by atoms with Crippen LogP contribution in [-0.2, 0) is 11.3 Å². The van der Waals surface area contributed by atoms with Crippen LogP contribution in [0.1, 0.15) is 47.2 Å². The molecular formula is C16H18N2O3. The van der Waals surface area contributed by atoms with E-state index in [2.05, 4.69) is 4.98 Å². The van der Waals surface area contributed by atoms with Gasteiger partial charge in [-0.25, -0.2) is 9.78 Å². The van der Waals surface area contributed by atoms with Crippen molar-refractivity contribution in [1.82, 2.24) is 9.55 Å². The monoisotopic (exact) mass is 286 g/mol. The fourth-order valence-electron chi connectivity index (χ4n) is 1.87. The van der Waals surface area contributed by atoms with E-state index in [1.54, 1.807) is 29.2 Å². The lowest BCUT2D eigenvalue weighted by atomic mass is 10.1. The number of rotatable bonds is 4. The number of aromatic nitrogens is 2. The van der Waals surface area contributed by atoms with Crippen LogP contribution >= 0.6 is 0 Å². The topological polar surface area (TPSA) is 61.2 Å². The van der Waals surface area contributed by atoms with Crippen molar-refractivity contribution in [3.63, 3.8) is 0 Å². The summed E-state index contributed by atoms with van der Waals surface area (Å²) in [4.78, 5) is 26.6. The lowest BCUT2D eigenvalue weighted by Gasteiger charge is -2.19. The fourth-order valence-corrected chi connectivity index (χ4v) is 1.87. The molecule has 1 heterocycles. The fraction of sp³-hybridized carbons (Fsp3) is 0.312. The van der Waals surface area contributed by atoms with E-state index in [0.717, 1.165) is 5.56 Å². The third-order valence-electron chi connectivity index (χ3n) is 2.70. The minimum Gasteiger partial charge on any atom is -0.456 e. The Morgan fingerprint density at radius 2 is 2.14 bits per heavy atom. The number of hydrogen-bond donors (Lipinski definition) is 0. The Hall–Kier alpha value is -2.43. The number of carbonyl (C=O) groups is 2. The van der Waals surface area contributed by atoms with E-state index in [-0.39, 0.29) is 5.97 Å². The molecule has 0 radical (unpaired) electrons. The summed E-state index contributed by atoms with van der Waals surface area (Å²) in [6, 6.07) is 7.23. The highest BCUT2D eigenvalue weighted by Crippen LogP contribution is 2.14. The Balaban J connectivity index is 2.13. The van der Waals surface area contributed by atoms with Crippen LogP contribution in [0.3, 0.4) is 0 Å². The molecule has 0 amide bonds. The van der Waals surface area contributed by atoms with Crippen molar-refractivity contribution in [1.29, 1.82) is 0 Å². The van der Waals surface area contributed by atoms with Crippen molar-refractivity contribution < 1.29 is 14.3 Å². The Kier molecular flexibility index (Phi) is 4.21.